The summed E-state index contributed by atoms with van der Waals surface area (Å²) in [6.45, 7) is 4.32. The molecule has 0 aliphatic carbocycles. The van der Waals surface area contributed by atoms with Gasteiger partial charge in [0.05, 0.1) is 5.52 Å². The van der Waals surface area contributed by atoms with Crippen molar-refractivity contribution in [2.75, 3.05) is 0 Å². The summed E-state index contributed by atoms with van der Waals surface area (Å²) in [6.07, 6.45) is 4.97. The molecule has 0 aliphatic heterocycles. The first-order chi connectivity index (χ1) is 8.36. The molecule has 1 nitrogen and oxygen atoms in total. The third-order valence-corrected chi connectivity index (χ3v) is 2.84. The third kappa shape index (κ3) is 2.47. The summed E-state index contributed by atoms with van der Waals surface area (Å²) in [4.78, 5) is 4.47. The Bertz CT molecular complexity index is 573. The lowest BCUT2D eigenvalue weighted by Crippen LogP contribution is -1.92. The molecule has 0 atom stereocenters. The number of para-hydroxylation sites is 1. The molecule has 17 heavy (non-hydrogen) atoms. The van der Waals surface area contributed by atoms with Crippen LogP contribution in [0.3, 0.4) is 0 Å². The number of rotatable bonds is 2. The van der Waals surface area contributed by atoms with E-state index in [0.717, 1.165) is 30.3 Å². The van der Waals surface area contributed by atoms with Crippen LogP contribution in [0.2, 0.25) is 0 Å². The molecule has 0 aliphatic rings. The van der Waals surface area contributed by atoms with Crippen molar-refractivity contribution in [2.24, 2.45) is 0 Å². The number of unbranched alkanes of at least 4 members (excludes halogenated alkanes) is 1. The van der Waals surface area contributed by atoms with E-state index in [-0.39, 0.29) is 0 Å². The molecule has 0 amide bonds. The van der Waals surface area contributed by atoms with E-state index in [2.05, 4.69) is 48.9 Å². The molecule has 2 rings (SSSR count). The van der Waals surface area contributed by atoms with E-state index in [1.807, 2.05) is 12.3 Å². The SMILES string of the molecule is CCCC#Cc1cnc2ccccc2c1CC. The van der Waals surface area contributed by atoms with Crippen molar-refractivity contribution in [2.45, 2.75) is 33.1 Å². The quantitative estimate of drug-likeness (QED) is 0.702. The highest BCUT2D eigenvalue weighted by Gasteiger charge is 2.04. The molecule has 1 heteroatoms. The van der Waals surface area contributed by atoms with Gasteiger partial charge in [0, 0.05) is 23.6 Å². The lowest BCUT2D eigenvalue weighted by Gasteiger charge is -2.06. The molecule has 0 saturated carbocycles. The fourth-order valence-corrected chi connectivity index (χ4v) is 1.97. The van der Waals surface area contributed by atoms with E-state index in [1.54, 1.807) is 0 Å². The average molecular weight is 223 g/mol. The maximum absolute atomic E-state index is 4.47. The van der Waals surface area contributed by atoms with E-state index >= 15 is 0 Å². The van der Waals surface area contributed by atoms with Crippen molar-refractivity contribution in [1.29, 1.82) is 0 Å². The van der Waals surface area contributed by atoms with E-state index in [4.69, 9.17) is 0 Å². The minimum Gasteiger partial charge on any atom is -0.255 e. The molecular formula is C16H17N. The molecule has 0 radical (unpaired) electrons. The summed E-state index contributed by atoms with van der Waals surface area (Å²) in [7, 11) is 0. The average Bonchev–Trinajstić information content (AvgIpc) is 2.38. The van der Waals surface area contributed by atoms with Gasteiger partial charge in [-0.1, -0.05) is 43.9 Å². The summed E-state index contributed by atoms with van der Waals surface area (Å²) in [5.74, 6) is 6.45. The zero-order valence-corrected chi connectivity index (χ0v) is 10.5. The van der Waals surface area contributed by atoms with Crippen molar-refractivity contribution in [3.63, 3.8) is 0 Å². The minimum atomic E-state index is 0.954. The predicted molar refractivity (Wildman–Crippen MR) is 72.9 cm³/mol. The van der Waals surface area contributed by atoms with Crippen LogP contribution in [0, 0.1) is 11.8 Å². The Morgan fingerprint density at radius 3 is 2.76 bits per heavy atom. The molecule has 0 N–H and O–H groups in total. The van der Waals surface area contributed by atoms with Gasteiger partial charge in [0.15, 0.2) is 0 Å². The van der Waals surface area contributed by atoms with Gasteiger partial charge >= 0.3 is 0 Å². The van der Waals surface area contributed by atoms with E-state index in [9.17, 15) is 0 Å². The maximum atomic E-state index is 4.47. The first-order valence-electron chi connectivity index (χ1n) is 6.22. The Kier molecular flexibility index (Phi) is 3.77. The van der Waals surface area contributed by atoms with Gasteiger partial charge < -0.3 is 0 Å². The second-order valence-corrected chi connectivity index (χ2v) is 4.07. The van der Waals surface area contributed by atoms with Gasteiger partial charge in [0.2, 0.25) is 0 Å². The van der Waals surface area contributed by atoms with Crippen LogP contribution in [0.4, 0.5) is 0 Å². The normalized spacial score (nSPS) is 10.0. The van der Waals surface area contributed by atoms with Crippen molar-refractivity contribution in [1.82, 2.24) is 4.98 Å². The van der Waals surface area contributed by atoms with Crippen molar-refractivity contribution in [3.05, 3.63) is 41.6 Å². The molecule has 0 spiro atoms. The van der Waals surface area contributed by atoms with Crippen LogP contribution in [0.15, 0.2) is 30.5 Å². The Labute approximate surface area is 103 Å². The van der Waals surface area contributed by atoms with Gasteiger partial charge in [-0.25, -0.2) is 0 Å². The number of nitrogens with zero attached hydrogens (tertiary/aromatic N) is 1. The molecule has 0 fully saturated rings. The number of pyridine rings is 1. The fraction of sp³-hybridized carbons (Fsp3) is 0.312. The number of benzene rings is 1. The molecule has 1 aromatic carbocycles. The first-order valence-corrected chi connectivity index (χ1v) is 6.22. The van der Waals surface area contributed by atoms with E-state index in [1.165, 1.54) is 10.9 Å². The second kappa shape index (κ2) is 5.50. The van der Waals surface area contributed by atoms with Crippen LogP contribution >= 0.6 is 0 Å². The second-order valence-electron chi connectivity index (χ2n) is 4.07. The third-order valence-electron chi connectivity index (χ3n) is 2.84. The summed E-state index contributed by atoms with van der Waals surface area (Å²) >= 11 is 0. The summed E-state index contributed by atoms with van der Waals surface area (Å²) in [5, 5.41) is 1.23. The van der Waals surface area contributed by atoms with Crippen LogP contribution in [0.5, 0.6) is 0 Å². The van der Waals surface area contributed by atoms with Crippen molar-refractivity contribution < 1.29 is 0 Å². The molecule has 0 unspecified atom stereocenters. The van der Waals surface area contributed by atoms with E-state index < -0.39 is 0 Å². The lowest BCUT2D eigenvalue weighted by atomic mass is 10.0. The van der Waals surface area contributed by atoms with Gasteiger partial charge in [0.25, 0.3) is 0 Å². The highest BCUT2D eigenvalue weighted by atomic mass is 14.6. The lowest BCUT2D eigenvalue weighted by molar-refractivity contribution is 0.983. The zero-order valence-electron chi connectivity index (χ0n) is 10.5. The molecule has 2 aromatic rings. The summed E-state index contributed by atoms with van der Waals surface area (Å²) < 4.78 is 0. The Hall–Kier alpha value is -1.81. The monoisotopic (exact) mass is 223 g/mol. The highest BCUT2D eigenvalue weighted by Crippen LogP contribution is 2.20. The Morgan fingerprint density at radius 2 is 2.00 bits per heavy atom. The van der Waals surface area contributed by atoms with Gasteiger partial charge in [-0.05, 0) is 24.5 Å². The smallest absolute Gasteiger partial charge is 0.0705 e. The predicted octanol–water partition coefficient (Wildman–Crippen LogP) is 3.95. The molecular weight excluding hydrogens is 206 g/mol. The van der Waals surface area contributed by atoms with Crippen LogP contribution in [0.1, 0.15) is 37.8 Å². The summed E-state index contributed by atoms with van der Waals surface area (Å²) in [6, 6.07) is 8.27. The number of aromatic nitrogens is 1. The number of fused-ring (bicyclic) bond motifs is 1. The van der Waals surface area contributed by atoms with Crippen LogP contribution in [-0.4, -0.2) is 4.98 Å². The number of hydrogen-bond donors (Lipinski definition) is 0. The number of hydrogen-bond acceptors (Lipinski definition) is 1. The molecule has 0 saturated heterocycles. The molecule has 1 aromatic heterocycles. The van der Waals surface area contributed by atoms with Gasteiger partial charge in [-0.15, -0.1) is 0 Å². The van der Waals surface area contributed by atoms with Crippen molar-refractivity contribution in [3.8, 4) is 11.8 Å². The van der Waals surface area contributed by atoms with E-state index in [0.29, 0.717) is 0 Å². The number of aryl methyl sites for hydroxylation is 1. The van der Waals surface area contributed by atoms with Crippen LogP contribution < -0.4 is 0 Å². The minimum absolute atomic E-state index is 0.954. The molecule has 1 heterocycles. The maximum Gasteiger partial charge on any atom is 0.0705 e. The molecule has 86 valence electrons. The Morgan fingerprint density at radius 1 is 1.18 bits per heavy atom. The first kappa shape index (κ1) is 11.7. The highest BCUT2D eigenvalue weighted by molar-refractivity contribution is 5.83. The van der Waals surface area contributed by atoms with Gasteiger partial charge in [0.1, 0.15) is 0 Å². The van der Waals surface area contributed by atoms with Gasteiger partial charge in [-0.2, -0.15) is 0 Å². The standard InChI is InChI=1S/C16H17N/c1-3-5-6-9-13-12-17-16-11-8-7-10-15(16)14(13)4-2/h7-8,10-12H,3-5H2,1-2H3. The van der Waals surface area contributed by atoms with Gasteiger partial charge in [-0.3, -0.25) is 4.98 Å². The van der Waals surface area contributed by atoms with Crippen LogP contribution in [0.25, 0.3) is 10.9 Å². The topological polar surface area (TPSA) is 12.9 Å². The zero-order chi connectivity index (χ0) is 12.1. The van der Waals surface area contributed by atoms with Crippen LogP contribution in [-0.2, 0) is 6.42 Å². The molecule has 0 bridgehead atoms. The van der Waals surface area contributed by atoms with Crippen molar-refractivity contribution >= 4 is 10.9 Å². The Balaban J connectivity index is 2.54. The fourth-order valence-electron chi connectivity index (χ4n) is 1.97. The largest absolute Gasteiger partial charge is 0.255 e. The summed E-state index contributed by atoms with van der Waals surface area (Å²) in [5.41, 5.74) is 3.46.